The highest BCUT2D eigenvalue weighted by atomic mass is 16.5. The molecule has 0 saturated carbocycles. The number of carbonyl (C=O) groups is 2. The first kappa shape index (κ1) is 13.8. The first-order valence-corrected chi connectivity index (χ1v) is 5.73. The highest BCUT2D eigenvalue weighted by Gasteiger charge is 2.31. The van der Waals surface area contributed by atoms with E-state index in [0.717, 1.165) is 0 Å². The third kappa shape index (κ3) is 3.33. The number of likely N-dealkylation sites (N-methyl/N-ethyl adjacent to an activating group) is 1. The van der Waals surface area contributed by atoms with Crippen molar-refractivity contribution in [2.24, 2.45) is 0 Å². The number of urea groups is 1. The van der Waals surface area contributed by atoms with Gasteiger partial charge >= 0.3 is 12.0 Å². The summed E-state index contributed by atoms with van der Waals surface area (Å²) in [4.78, 5) is 25.8. The summed E-state index contributed by atoms with van der Waals surface area (Å²) < 4.78 is 5.53. The van der Waals surface area contributed by atoms with Gasteiger partial charge in [0, 0.05) is 20.1 Å². The number of morpholine rings is 1. The summed E-state index contributed by atoms with van der Waals surface area (Å²) in [5, 5.41) is 8.87. The highest BCUT2D eigenvalue weighted by Crippen LogP contribution is 2.13. The largest absolute Gasteiger partial charge is 0.480 e. The summed E-state index contributed by atoms with van der Waals surface area (Å²) in [5.41, 5.74) is 0. The molecule has 3 unspecified atom stereocenters. The number of hydrogen-bond donors (Lipinski definition) is 1. The molecule has 0 spiro atoms. The lowest BCUT2D eigenvalue weighted by atomic mass is 10.2. The average Bonchev–Trinajstić information content (AvgIpc) is 2.24. The Morgan fingerprint density at radius 3 is 2.24 bits per heavy atom. The van der Waals surface area contributed by atoms with Gasteiger partial charge in [-0.2, -0.15) is 0 Å². The molecule has 1 N–H and O–H groups in total. The van der Waals surface area contributed by atoms with Crippen molar-refractivity contribution in [2.45, 2.75) is 39.0 Å². The van der Waals surface area contributed by atoms with Gasteiger partial charge in [-0.1, -0.05) is 0 Å². The molecular formula is C11H20N2O4. The zero-order chi connectivity index (χ0) is 13.2. The van der Waals surface area contributed by atoms with E-state index >= 15 is 0 Å². The van der Waals surface area contributed by atoms with Gasteiger partial charge in [-0.15, -0.1) is 0 Å². The summed E-state index contributed by atoms with van der Waals surface area (Å²) >= 11 is 0. The zero-order valence-electron chi connectivity index (χ0n) is 10.7. The van der Waals surface area contributed by atoms with E-state index in [-0.39, 0.29) is 18.2 Å². The normalized spacial score (nSPS) is 26.5. The standard InChI is InChI=1S/C11H20N2O4/c1-7-5-13(6-8(2)17-7)11(16)12(4)9(3)10(14)15/h7-9H,5-6H2,1-4H3,(H,14,15). The van der Waals surface area contributed by atoms with E-state index in [9.17, 15) is 9.59 Å². The number of ether oxygens (including phenoxy) is 1. The molecule has 0 aromatic heterocycles. The van der Waals surface area contributed by atoms with Gasteiger partial charge in [0.15, 0.2) is 0 Å². The van der Waals surface area contributed by atoms with E-state index in [1.165, 1.54) is 18.9 Å². The maximum absolute atomic E-state index is 12.1. The fourth-order valence-corrected chi connectivity index (χ4v) is 1.89. The fraction of sp³-hybridized carbons (Fsp3) is 0.818. The Hall–Kier alpha value is -1.30. The lowest BCUT2D eigenvalue weighted by Gasteiger charge is -2.38. The molecule has 3 atom stereocenters. The van der Waals surface area contributed by atoms with Gasteiger partial charge < -0.3 is 19.6 Å². The van der Waals surface area contributed by atoms with Gasteiger partial charge in [-0.05, 0) is 20.8 Å². The molecule has 6 nitrogen and oxygen atoms in total. The van der Waals surface area contributed by atoms with Crippen LogP contribution in [0.25, 0.3) is 0 Å². The fourth-order valence-electron chi connectivity index (χ4n) is 1.89. The van der Waals surface area contributed by atoms with Gasteiger partial charge in [0.05, 0.1) is 12.2 Å². The monoisotopic (exact) mass is 244 g/mol. The van der Waals surface area contributed by atoms with Crippen molar-refractivity contribution in [1.29, 1.82) is 0 Å². The second kappa shape index (κ2) is 5.35. The Kier molecular flexibility index (Phi) is 4.34. The van der Waals surface area contributed by atoms with Crippen LogP contribution in [0.15, 0.2) is 0 Å². The molecule has 1 aliphatic heterocycles. The number of nitrogens with zero attached hydrogens (tertiary/aromatic N) is 2. The quantitative estimate of drug-likeness (QED) is 0.773. The molecule has 1 heterocycles. The van der Waals surface area contributed by atoms with Gasteiger partial charge in [0.2, 0.25) is 0 Å². The summed E-state index contributed by atoms with van der Waals surface area (Å²) in [6.07, 6.45) is -0.0348. The summed E-state index contributed by atoms with van der Waals surface area (Å²) in [7, 11) is 1.51. The lowest BCUT2D eigenvalue weighted by Crippen LogP contribution is -2.54. The Balaban J connectivity index is 2.65. The van der Waals surface area contributed by atoms with E-state index in [1.54, 1.807) is 4.90 Å². The van der Waals surface area contributed by atoms with Crippen LogP contribution in [0.3, 0.4) is 0 Å². The molecule has 1 aliphatic rings. The number of carboxylic acid groups (broad SMARTS) is 1. The molecule has 98 valence electrons. The number of amides is 2. The highest BCUT2D eigenvalue weighted by molar-refractivity contribution is 5.82. The minimum Gasteiger partial charge on any atom is -0.480 e. The molecule has 0 radical (unpaired) electrons. The minimum atomic E-state index is -1.00. The van der Waals surface area contributed by atoms with Crippen LogP contribution in [0.1, 0.15) is 20.8 Å². The van der Waals surface area contributed by atoms with Crippen molar-refractivity contribution < 1.29 is 19.4 Å². The molecule has 1 fully saturated rings. The number of carbonyl (C=O) groups excluding carboxylic acids is 1. The summed E-state index contributed by atoms with van der Waals surface area (Å²) in [6.45, 7) is 6.29. The van der Waals surface area contributed by atoms with Crippen molar-refractivity contribution >= 4 is 12.0 Å². The van der Waals surface area contributed by atoms with Crippen LogP contribution >= 0.6 is 0 Å². The van der Waals surface area contributed by atoms with E-state index in [2.05, 4.69) is 0 Å². The Morgan fingerprint density at radius 1 is 1.35 bits per heavy atom. The summed E-state index contributed by atoms with van der Waals surface area (Å²) in [6, 6.07) is -1.09. The number of rotatable bonds is 2. The van der Waals surface area contributed by atoms with E-state index in [4.69, 9.17) is 9.84 Å². The van der Waals surface area contributed by atoms with Crippen molar-refractivity contribution in [1.82, 2.24) is 9.80 Å². The van der Waals surface area contributed by atoms with Gasteiger partial charge in [-0.25, -0.2) is 9.59 Å². The predicted molar refractivity (Wildman–Crippen MR) is 61.8 cm³/mol. The first-order chi connectivity index (χ1) is 7.82. The maximum atomic E-state index is 12.1. The van der Waals surface area contributed by atoms with Crippen LogP contribution in [-0.2, 0) is 9.53 Å². The smallest absolute Gasteiger partial charge is 0.326 e. The Bertz CT molecular complexity index is 298. The molecular weight excluding hydrogens is 224 g/mol. The molecule has 0 aliphatic carbocycles. The third-order valence-corrected chi connectivity index (χ3v) is 2.93. The molecule has 0 aromatic rings. The topological polar surface area (TPSA) is 70.1 Å². The van der Waals surface area contributed by atoms with Crippen LogP contribution < -0.4 is 0 Å². The molecule has 17 heavy (non-hydrogen) atoms. The molecule has 1 saturated heterocycles. The van der Waals surface area contributed by atoms with Gasteiger partial charge in [0.1, 0.15) is 6.04 Å². The van der Waals surface area contributed by atoms with Crippen molar-refractivity contribution in [3.63, 3.8) is 0 Å². The van der Waals surface area contributed by atoms with Crippen molar-refractivity contribution in [3.05, 3.63) is 0 Å². The predicted octanol–water partition coefficient (Wildman–Crippen LogP) is 0.621. The SMILES string of the molecule is CC1CN(C(=O)N(C)C(C)C(=O)O)CC(C)O1. The molecule has 1 rings (SSSR count). The Morgan fingerprint density at radius 2 is 1.82 bits per heavy atom. The third-order valence-electron chi connectivity index (χ3n) is 2.93. The van der Waals surface area contributed by atoms with Crippen molar-refractivity contribution in [2.75, 3.05) is 20.1 Å². The number of aliphatic carboxylic acids is 1. The second-order valence-corrected chi connectivity index (χ2v) is 4.57. The lowest BCUT2D eigenvalue weighted by molar-refractivity contribution is -0.141. The average molecular weight is 244 g/mol. The molecule has 0 aromatic carbocycles. The maximum Gasteiger partial charge on any atom is 0.326 e. The van der Waals surface area contributed by atoms with Gasteiger partial charge in [-0.3, -0.25) is 0 Å². The first-order valence-electron chi connectivity index (χ1n) is 5.73. The van der Waals surface area contributed by atoms with Crippen LogP contribution in [0.5, 0.6) is 0 Å². The molecule has 6 heteroatoms. The minimum absolute atomic E-state index is 0.0174. The zero-order valence-corrected chi connectivity index (χ0v) is 10.7. The van der Waals surface area contributed by atoms with Crippen LogP contribution in [-0.4, -0.2) is 65.3 Å². The van der Waals surface area contributed by atoms with E-state index in [0.29, 0.717) is 13.1 Å². The molecule has 0 bridgehead atoms. The van der Waals surface area contributed by atoms with Crippen LogP contribution in [0.2, 0.25) is 0 Å². The Labute approximate surface area is 101 Å². The molecule has 2 amide bonds. The van der Waals surface area contributed by atoms with Crippen molar-refractivity contribution in [3.8, 4) is 0 Å². The summed E-state index contributed by atoms with van der Waals surface area (Å²) in [5.74, 6) is -1.00. The number of carboxylic acids is 1. The second-order valence-electron chi connectivity index (χ2n) is 4.57. The van der Waals surface area contributed by atoms with Crippen LogP contribution in [0, 0.1) is 0 Å². The van der Waals surface area contributed by atoms with E-state index < -0.39 is 12.0 Å². The van der Waals surface area contributed by atoms with E-state index in [1.807, 2.05) is 13.8 Å². The number of hydrogen-bond acceptors (Lipinski definition) is 3. The van der Waals surface area contributed by atoms with Crippen LogP contribution in [0.4, 0.5) is 4.79 Å². The van der Waals surface area contributed by atoms with Gasteiger partial charge in [0.25, 0.3) is 0 Å².